The monoisotopic (exact) mass is 248 g/mol. The van der Waals surface area contributed by atoms with E-state index in [1.165, 1.54) is 0 Å². The van der Waals surface area contributed by atoms with Gasteiger partial charge in [0.15, 0.2) is 0 Å². The third-order valence-electron chi connectivity index (χ3n) is 2.49. The number of hydrogen-bond donors (Lipinski definition) is 1. The number of nitrogens with zero attached hydrogens (tertiary/aromatic N) is 3. The Morgan fingerprint density at radius 1 is 1.47 bits per heavy atom. The molecule has 0 saturated carbocycles. The van der Waals surface area contributed by atoms with Crippen molar-refractivity contribution in [2.24, 2.45) is 5.73 Å². The first-order valence-electron chi connectivity index (χ1n) is 5.19. The summed E-state index contributed by atoms with van der Waals surface area (Å²) in [6.07, 6.45) is -2.68. The van der Waals surface area contributed by atoms with Crippen molar-refractivity contribution in [1.29, 1.82) is 0 Å². The maximum Gasteiger partial charge on any atom is 0.433 e. The molecule has 4 nitrogen and oxygen atoms in total. The number of nitrogens with two attached hydrogens (primary N) is 1. The van der Waals surface area contributed by atoms with Crippen molar-refractivity contribution < 1.29 is 13.2 Å². The molecule has 0 radical (unpaired) electrons. The standard InChI is InChI=1S/C10H15F3N4/c1-7(3-5-14)17(2)9-15-6-4-8(16-9)10(11,12)13/h4,6-7H,3,5,14H2,1-2H3. The molecule has 96 valence electrons. The van der Waals surface area contributed by atoms with Crippen LogP contribution in [0.5, 0.6) is 0 Å². The smallest absolute Gasteiger partial charge is 0.341 e. The molecule has 1 heterocycles. The molecule has 0 amide bonds. The van der Waals surface area contributed by atoms with Crippen molar-refractivity contribution in [3.05, 3.63) is 18.0 Å². The van der Waals surface area contributed by atoms with Crippen LogP contribution < -0.4 is 10.6 Å². The Morgan fingerprint density at radius 2 is 2.12 bits per heavy atom. The summed E-state index contributed by atoms with van der Waals surface area (Å²) >= 11 is 0. The van der Waals surface area contributed by atoms with Gasteiger partial charge in [0.25, 0.3) is 0 Å². The lowest BCUT2D eigenvalue weighted by Gasteiger charge is -2.24. The summed E-state index contributed by atoms with van der Waals surface area (Å²) in [5, 5.41) is 0. The van der Waals surface area contributed by atoms with Gasteiger partial charge in [0.2, 0.25) is 5.95 Å². The highest BCUT2D eigenvalue weighted by Crippen LogP contribution is 2.28. The maximum absolute atomic E-state index is 12.5. The van der Waals surface area contributed by atoms with Gasteiger partial charge >= 0.3 is 6.18 Å². The van der Waals surface area contributed by atoms with Gasteiger partial charge in [-0.1, -0.05) is 0 Å². The second kappa shape index (κ2) is 5.31. The second-order valence-electron chi connectivity index (χ2n) is 3.78. The molecule has 1 unspecified atom stereocenters. The SMILES string of the molecule is CC(CCN)N(C)c1nccc(C(F)(F)F)n1. The third-order valence-corrected chi connectivity index (χ3v) is 2.49. The van der Waals surface area contributed by atoms with Crippen molar-refractivity contribution >= 4 is 5.95 Å². The highest BCUT2D eigenvalue weighted by molar-refractivity contribution is 5.30. The molecule has 0 fully saturated rings. The molecule has 7 heteroatoms. The minimum atomic E-state index is -4.45. The lowest BCUT2D eigenvalue weighted by Crippen LogP contribution is -2.32. The molecule has 0 spiro atoms. The van der Waals surface area contributed by atoms with Gasteiger partial charge in [-0.25, -0.2) is 9.97 Å². The molecular weight excluding hydrogens is 233 g/mol. The van der Waals surface area contributed by atoms with E-state index in [9.17, 15) is 13.2 Å². The number of rotatable bonds is 4. The van der Waals surface area contributed by atoms with Crippen LogP contribution in [0.25, 0.3) is 0 Å². The second-order valence-corrected chi connectivity index (χ2v) is 3.78. The van der Waals surface area contributed by atoms with E-state index in [1.807, 2.05) is 6.92 Å². The molecule has 0 aromatic carbocycles. The van der Waals surface area contributed by atoms with E-state index in [4.69, 9.17) is 5.73 Å². The van der Waals surface area contributed by atoms with Crippen LogP contribution >= 0.6 is 0 Å². The lowest BCUT2D eigenvalue weighted by atomic mass is 10.2. The highest BCUT2D eigenvalue weighted by atomic mass is 19.4. The minimum Gasteiger partial charge on any atom is -0.341 e. The van der Waals surface area contributed by atoms with Gasteiger partial charge in [-0.3, -0.25) is 0 Å². The maximum atomic E-state index is 12.5. The Balaban J connectivity index is 2.92. The number of halogens is 3. The zero-order chi connectivity index (χ0) is 13.1. The topological polar surface area (TPSA) is 55.0 Å². The van der Waals surface area contributed by atoms with Crippen LogP contribution in [0.3, 0.4) is 0 Å². The van der Waals surface area contributed by atoms with Gasteiger partial charge in [0, 0.05) is 19.3 Å². The van der Waals surface area contributed by atoms with E-state index >= 15 is 0 Å². The lowest BCUT2D eigenvalue weighted by molar-refractivity contribution is -0.141. The van der Waals surface area contributed by atoms with Crippen LogP contribution in [0.2, 0.25) is 0 Å². The highest BCUT2D eigenvalue weighted by Gasteiger charge is 2.33. The van der Waals surface area contributed by atoms with E-state index in [0.29, 0.717) is 13.0 Å². The van der Waals surface area contributed by atoms with Crippen LogP contribution in [0, 0.1) is 0 Å². The fraction of sp³-hybridized carbons (Fsp3) is 0.600. The predicted molar refractivity (Wildman–Crippen MR) is 58.6 cm³/mol. The zero-order valence-electron chi connectivity index (χ0n) is 9.70. The van der Waals surface area contributed by atoms with Crippen molar-refractivity contribution in [2.75, 3.05) is 18.5 Å². The third kappa shape index (κ3) is 3.55. The Morgan fingerprint density at radius 3 is 2.65 bits per heavy atom. The van der Waals surface area contributed by atoms with Crippen molar-refractivity contribution in [2.45, 2.75) is 25.6 Å². The Labute approximate surface area is 97.7 Å². The summed E-state index contributed by atoms with van der Waals surface area (Å²) in [5.41, 5.74) is 4.46. The first kappa shape index (κ1) is 13.7. The zero-order valence-corrected chi connectivity index (χ0v) is 9.70. The van der Waals surface area contributed by atoms with Crippen LogP contribution in [-0.4, -0.2) is 29.6 Å². The average Bonchev–Trinajstić information content (AvgIpc) is 2.27. The van der Waals surface area contributed by atoms with Gasteiger partial charge < -0.3 is 10.6 Å². The molecule has 2 N–H and O–H groups in total. The summed E-state index contributed by atoms with van der Waals surface area (Å²) in [4.78, 5) is 8.91. The van der Waals surface area contributed by atoms with Gasteiger partial charge in [0.1, 0.15) is 5.69 Å². The number of alkyl halides is 3. The fourth-order valence-electron chi connectivity index (χ4n) is 1.31. The van der Waals surface area contributed by atoms with Crippen molar-refractivity contribution in [1.82, 2.24) is 9.97 Å². The molecule has 0 aliphatic rings. The molecule has 1 aromatic rings. The Hall–Kier alpha value is -1.37. The average molecular weight is 248 g/mol. The van der Waals surface area contributed by atoms with E-state index < -0.39 is 11.9 Å². The summed E-state index contributed by atoms with van der Waals surface area (Å²) in [6.45, 7) is 2.32. The van der Waals surface area contributed by atoms with Crippen molar-refractivity contribution in [3.8, 4) is 0 Å². The molecule has 0 bridgehead atoms. The Bertz CT molecular complexity index is 367. The molecule has 1 aromatic heterocycles. The first-order valence-corrected chi connectivity index (χ1v) is 5.19. The largest absolute Gasteiger partial charge is 0.433 e. The van der Waals surface area contributed by atoms with E-state index in [-0.39, 0.29) is 12.0 Å². The van der Waals surface area contributed by atoms with E-state index in [0.717, 1.165) is 12.3 Å². The minimum absolute atomic E-state index is 0.0107. The Kier molecular flexibility index (Phi) is 4.28. The van der Waals surface area contributed by atoms with Crippen LogP contribution in [-0.2, 0) is 6.18 Å². The molecule has 0 aliphatic carbocycles. The van der Waals surface area contributed by atoms with Gasteiger partial charge in [0.05, 0.1) is 0 Å². The molecule has 1 atom stereocenters. The summed E-state index contributed by atoms with van der Waals surface area (Å²) in [6, 6.07) is 0.841. The molecular formula is C10H15F3N4. The van der Waals surface area contributed by atoms with Gasteiger partial charge in [-0.05, 0) is 26.0 Å². The van der Waals surface area contributed by atoms with E-state index in [1.54, 1.807) is 11.9 Å². The van der Waals surface area contributed by atoms with Gasteiger partial charge in [-0.2, -0.15) is 13.2 Å². The van der Waals surface area contributed by atoms with Crippen LogP contribution in [0.1, 0.15) is 19.0 Å². The van der Waals surface area contributed by atoms with Crippen LogP contribution in [0.4, 0.5) is 19.1 Å². The molecule has 1 rings (SSSR count). The van der Waals surface area contributed by atoms with Crippen LogP contribution in [0.15, 0.2) is 12.3 Å². The fourth-order valence-corrected chi connectivity index (χ4v) is 1.31. The molecule has 0 saturated heterocycles. The normalized spacial score (nSPS) is 13.5. The number of hydrogen-bond acceptors (Lipinski definition) is 4. The number of aromatic nitrogens is 2. The summed E-state index contributed by atoms with van der Waals surface area (Å²) in [5.74, 6) is 0.0563. The summed E-state index contributed by atoms with van der Waals surface area (Å²) in [7, 11) is 1.65. The molecule has 17 heavy (non-hydrogen) atoms. The quantitative estimate of drug-likeness (QED) is 0.880. The predicted octanol–water partition coefficient (Wildman–Crippen LogP) is 1.67. The molecule has 0 aliphatic heterocycles. The summed E-state index contributed by atoms with van der Waals surface area (Å²) < 4.78 is 37.4. The number of anilines is 1. The van der Waals surface area contributed by atoms with Gasteiger partial charge in [-0.15, -0.1) is 0 Å². The van der Waals surface area contributed by atoms with Crippen molar-refractivity contribution in [3.63, 3.8) is 0 Å². The first-order chi connectivity index (χ1) is 7.86. The van der Waals surface area contributed by atoms with E-state index in [2.05, 4.69) is 9.97 Å².